The standard InChI is InChI=1S/C21H23N3O4S/c1-27-14-7-6-12(10-15(14)28-2)11-18-23-20-19(13-4-3-5-16(13)29-20)21(26)24(18)9-8-17(22)25/h6-7,10H,3-5,8-9,11H2,1-2H3,(H2,22,25). The van der Waals surface area contributed by atoms with E-state index < -0.39 is 5.91 Å². The summed E-state index contributed by atoms with van der Waals surface area (Å²) < 4.78 is 12.3. The molecule has 0 unspecified atom stereocenters. The first-order valence-electron chi connectivity index (χ1n) is 9.55. The monoisotopic (exact) mass is 413 g/mol. The molecule has 152 valence electrons. The number of nitrogens with two attached hydrogens (primary N) is 1. The van der Waals surface area contributed by atoms with E-state index in [1.807, 2.05) is 18.2 Å². The number of aromatic nitrogens is 2. The van der Waals surface area contributed by atoms with Gasteiger partial charge in [0.2, 0.25) is 5.91 Å². The molecule has 0 aliphatic heterocycles. The maximum Gasteiger partial charge on any atom is 0.262 e. The van der Waals surface area contributed by atoms with Gasteiger partial charge in [-0.25, -0.2) is 4.98 Å². The van der Waals surface area contributed by atoms with Crippen molar-refractivity contribution in [3.8, 4) is 11.5 Å². The lowest BCUT2D eigenvalue weighted by Gasteiger charge is -2.14. The molecule has 1 aromatic carbocycles. The molecule has 0 fully saturated rings. The minimum atomic E-state index is -0.440. The molecule has 0 saturated carbocycles. The van der Waals surface area contributed by atoms with Gasteiger partial charge in [-0.2, -0.15) is 0 Å². The van der Waals surface area contributed by atoms with Crippen LogP contribution >= 0.6 is 11.3 Å². The van der Waals surface area contributed by atoms with Gasteiger partial charge < -0.3 is 15.2 Å². The smallest absolute Gasteiger partial charge is 0.262 e. The molecule has 2 heterocycles. The van der Waals surface area contributed by atoms with E-state index in [2.05, 4.69) is 0 Å². The van der Waals surface area contributed by atoms with Gasteiger partial charge in [-0.05, 0) is 42.5 Å². The van der Waals surface area contributed by atoms with E-state index in [1.165, 1.54) is 4.88 Å². The summed E-state index contributed by atoms with van der Waals surface area (Å²) in [7, 11) is 3.17. The summed E-state index contributed by atoms with van der Waals surface area (Å²) in [5.41, 5.74) is 7.33. The van der Waals surface area contributed by atoms with Crippen molar-refractivity contribution in [2.75, 3.05) is 14.2 Å². The van der Waals surface area contributed by atoms with Crippen molar-refractivity contribution in [2.24, 2.45) is 5.73 Å². The zero-order valence-corrected chi connectivity index (χ0v) is 17.3. The number of hydrogen-bond acceptors (Lipinski definition) is 6. The summed E-state index contributed by atoms with van der Waals surface area (Å²) in [4.78, 5) is 31.6. The number of carbonyl (C=O) groups excluding carboxylic acids is 1. The number of fused-ring (bicyclic) bond motifs is 3. The number of rotatable bonds is 7. The number of nitrogens with zero attached hydrogens (tertiary/aromatic N) is 2. The molecule has 1 aliphatic carbocycles. The summed E-state index contributed by atoms with van der Waals surface area (Å²) in [6.45, 7) is 0.227. The van der Waals surface area contributed by atoms with Crippen LogP contribution in [0.4, 0.5) is 0 Å². The fourth-order valence-electron chi connectivity index (χ4n) is 3.88. The van der Waals surface area contributed by atoms with Crippen LogP contribution in [0.25, 0.3) is 10.2 Å². The molecule has 2 aromatic heterocycles. The molecule has 29 heavy (non-hydrogen) atoms. The molecule has 1 amide bonds. The Bertz CT molecular complexity index is 1150. The minimum Gasteiger partial charge on any atom is -0.493 e. The van der Waals surface area contributed by atoms with Gasteiger partial charge in [0, 0.05) is 24.3 Å². The SMILES string of the molecule is COc1ccc(Cc2nc3sc4c(c3c(=O)n2CCC(N)=O)CCC4)cc1OC. The molecule has 8 heteroatoms. The molecule has 1 aliphatic rings. The van der Waals surface area contributed by atoms with E-state index in [-0.39, 0.29) is 18.5 Å². The van der Waals surface area contributed by atoms with Crippen LogP contribution in [0, 0.1) is 0 Å². The van der Waals surface area contributed by atoms with Crippen LogP contribution in [0.3, 0.4) is 0 Å². The van der Waals surface area contributed by atoms with Crippen LogP contribution in [-0.2, 0) is 30.6 Å². The maximum absolute atomic E-state index is 13.3. The van der Waals surface area contributed by atoms with Crippen LogP contribution in [0.15, 0.2) is 23.0 Å². The predicted molar refractivity (Wildman–Crippen MR) is 112 cm³/mol. The third kappa shape index (κ3) is 3.60. The zero-order valence-electron chi connectivity index (χ0n) is 16.5. The molecule has 2 N–H and O–H groups in total. The van der Waals surface area contributed by atoms with Gasteiger partial charge in [-0.1, -0.05) is 6.07 Å². The Morgan fingerprint density at radius 1 is 1.24 bits per heavy atom. The number of amides is 1. The highest BCUT2D eigenvalue weighted by molar-refractivity contribution is 7.18. The molecule has 7 nitrogen and oxygen atoms in total. The number of primary amides is 1. The lowest BCUT2D eigenvalue weighted by atomic mass is 10.1. The summed E-state index contributed by atoms with van der Waals surface area (Å²) in [5.74, 6) is 1.44. The van der Waals surface area contributed by atoms with E-state index in [0.29, 0.717) is 29.1 Å². The van der Waals surface area contributed by atoms with Crippen LogP contribution in [0.2, 0.25) is 0 Å². The van der Waals surface area contributed by atoms with Crippen LogP contribution in [0.5, 0.6) is 11.5 Å². The number of benzene rings is 1. The Morgan fingerprint density at radius 2 is 2.03 bits per heavy atom. The van der Waals surface area contributed by atoms with Crippen LogP contribution in [-0.4, -0.2) is 29.7 Å². The van der Waals surface area contributed by atoms with Crippen molar-refractivity contribution in [2.45, 2.75) is 38.6 Å². The summed E-state index contributed by atoms with van der Waals surface area (Å²) in [6.07, 6.45) is 3.52. The van der Waals surface area contributed by atoms with E-state index in [4.69, 9.17) is 20.2 Å². The number of aryl methyl sites for hydroxylation is 2. The third-order valence-electron chi connectivity index (χ3n) is 5.30. The molecule has 4 rings (SSSR count). The average Bonchev–Trinajstić information content (AvgIpc) is 3.28. The second-order valence-electron chi connectivity index (χ2n) is 7.10. The van der Waals surface area contributed by atoms with Crippen molar-refractivity contribution in [3.05, 3.63) is 50.4 Å². The van der Waals surface area contributed by atoms with Crippen molar-refractivity contribution < 1.29 is 14.3 Å². The van der Waals surface area contributed by atoms with Gasteiger partial charge in [-0.3, -0.25) is 14.2 Å². The van der Waals surface area contributed by atoms with Crippen LogP contribution < -0.4 is 20.8 Å². The van der Waals surface area contributed by atoms with Crippen molar-refractivity contribution in [1.82, 2.24) is 9.55 Å². The van der Waals surface area contributed by atoms with Crippen molar-refractivity contribution in [1.29, 1.82) is 0 Å². The first-order chi connectivity index (χ1) is 14.0. The molecule has 0 saturated heterocycles. The van der Waals surface area contributed by atoms with E-state index >= 15 is 0 Å². The lowest BCUT2D eigenvalue weighted by molar-refractivity contribution is -0.118. The Morgan fingerprint density at radius 3 is 2.76 bits per heavy atom. The average molecular weight is 413 g/mol. The quantitative estimate of drug-likeness (QED) is 0.642. The van der Waals surface area contributed by atoms with Gasteiger partial charge in [0.25, 0.3) is 5.56 Å². The maximum atomic E-state index is 13.3. The molecular weight excluding hydrogens is 390 g/mol. The topological polar surface area (TPSA) is 96.4 Å². The summed E-state index contributed by atoms with van der Waals surface area (Å²) >= 11 is 1.61. The number of hydrogen-bond donors (Lipinski definition) is 1. The molecule has 0 radical (unpaired) electrons. The third-order valence-corrected chi connectivity index (χ3v) is 6.48. The van der Waals surface area contributed by atoms with Gasteiger partial charge >= 0.3 is 0 Å². The Hall–Kier alpha value is -2.87. The second kappa shape index (κ2) is 7.87. The number of methoxy groups -OCH3 is 2. The van der Waals surface area contributed by atoms with Crippen molar-refractivity contribution >= 4 is 27.5 Å². The van der Waals surface area contributed by atoms with E-state index in [0.717, 1.165) is 35.2 Å². The van der Waals surface area contributed by atoms with E-state index in [9.17, 15) is 9.59 Å². The van der Waals surface area contributed by atoms with Gasteiger partial charge in [0.1, 0.15) is 10.7 Å². The van der Waals surface area contributed by atoms with Gasteiger partial charge in [0.05, 0.1) is 19.6 Å². The van der Waals surface area contributed by atoms with Gasteiger partial charge in [-0.15, -0.1) is 11.3 Å². The Balaban J connectivity index is 1.81. The molecular formula is C21H23N3O4S. The molecule has 3 aromatic rings. The first kappa shape index (κ1) is 19.4. The van der Waals surface area contributed by atoms with Crippen molar-refractivity contribution in [3.63, 3.8) is 0 Å². The minimum absolute atomic E-state index is 0.0777. The summed E-state index contributed by atoms with van der Waals surface area (Å²) in [5, 5.41) is 0.711. The Labute approximate surface area is 172 Å². The fourth-order valence-corrected chi connectivity index (χ4v) is 5.15. The van der Waals surface area contributed by atoms with Gasteiger partial charge in [0.15, 0.2) is 11.5 Å². The highest BCUT2D eigenvalue weighted by Crippen LogP contribution is 2.35. The predicted octanol–water partition coefficient (Wildman–Crippen LogP) is 2.43. The first-order valence-corrected chi connectivity index (χ1v) is 10.4. The second-order valence-corrected chi connectivity index (χ2v) is 8.19. The largest absolute Gasteiger partial charge is 0.493 e. The molecule has 0 bridgehead atoms. The zero-order chi connectivity index (χ0) is 20.5. The molecule has 0 atom stereocenters. The lowest BCUT2D eigenvalue weighted by Crippen LogP contribution is -2.28. The number of ether oxygens (including phenoxy) is 2. The molecule has 0 spiro atoms. The highest BCUT2D eigenvalue weighted by atomic mass is 32.1. The summed E-state index contributed by atoms with van der Waals surface area (Å²) in [6, 6.07) is 5.63. The van der Waals surface area contributed by atoms with E-state index in [1.54, 1.807) is 30.1 Å². The number of thiophene rings is 1. The number of carbonyl (C=O) groups is 1. The fraction of sp³-hybridized carbons (Fsp3) is 0.381. The Kier molecular flexibility index (Phi) is 5.27. The highest BCUT2D eigenvalue weighted by Gasteiger charge is 2.23. The normalized spacial score (nSPS) is 12.9. The van der Waals surface area contributed by atoms with Crippen LogP contribution in [0.1, 0.15) is 34.7 Å².